The maximum atomic E-state index is 13.4. The molecular formula is C24H21ClFN3O3S. The second kappa shape index (κ2) is 9.29. The van der Waals surface area contributed by atoms with Gasteiger partial charge in [-0.2, -0.15) is 0 Å². The average Bonchev–Trinajstić information content (AvgIpc) is 3.44. The van der Waals surface area contributed by atoms with E-state index < -0.39 is 5.63 Å². The summed E-state index contributed by atoms with van der Waals surface area (Å²) >= 11 is 7.80. The van der Waals surface area contributed by atoms with E-state index >= 15 is 0 Å². The molecule has 1 aliphatic rings. The van der Waals surface area contributed by atoms with Crippen LogP contribution in [-0.4, -0.2) is 27.5 Å². The van der Waals surface area contributed by atoms with Crippen molar-refractivity contribution in [1.29, 1.82) is 0 Å². The number of hydrogen-bond acceptors (Lipinski definition) is 6. The lowest BCUT2D eigenvalue weighted by Gasteiger charge is -2.15. The summed E-state index contributed by atoms with van der Waals surface area (Å²) in [6.07, 6.45) is 2.06. The van der Waals surface area contributed by atoms with E-state index in [9.17, 15) is 9.18 Å². The van der Waals surface area contributed by atoms with Gasteiger partial charge >= 0.3 is 5.63 Å². The van der Waals surface area contributed by atoms with E-state index in [0.717, 1.165) is 41.5 Å². The van der Waals surface area contributed by atoms with Gasteiger partial charge in [-0.25, -0.2) is 9.18 Å². The Morgan fingerprint density at radius 2 is 2.03 bits per heavy atom. The van der Waals surface area contributed by atoms with Crippen LogP contribution in [0.3, 0.4) is 0 Å². The maximum absolute atomic E-state index is 13.4. The fourth-order valence-corrected chi connectivity index (χ4v) is 5.08. The predicted octanol–water partition coefficient (Wildman–Crippen LogP) is 5.62. The van der Waals surface area contributed by atoms with Crippen molar-refractivity contribution < 1.29 is 13.5 Å². The summed E-state index contributed by atoms with van der Waals surface area (Å²) in [5, 5.41) is 10.9. The summed E-state index contributed by atoms with van der Waals surface area (Å²) in [5.74, 6) is 0.834. The number of aromatic nitrogens is 3. The SMILES string of the molecule is Cc1cc2oc(=O)cc(CSc3nnc(-c4ccc(F)cc4)n3C[C@H]3CCCO3)c2cc1Cl. The Bertz CT molecular complexity index is 1360. The van der Waals surface area contributed by atoms with Crippen LogP contribution < -0.4 is 5.63 Å². The minimum absolute atomic E-state index is 0.0749. The number of hydrogen-bond donors (Lipinski definition) is 0. The molecule has 6 nitrogen and oxygen atoms in total. The van der Waals surface area contributed by atoms with Crippen LogP contribution in [-0.2, 0) is 17.0 Å². The predicted molar refractivity (Wildman–Crippen MR) is 126 cm³/mol. The number of ether oxygens (including phenoxy) is 1. The van der Waals surface area contributed by atoms with Gasteiger partial charge in [0, 0.05) is 34.4 Å². The van der Waals surface area contributed by atoms with Gasteiger partial charge in [-0.05, 0) is 67.3 Å². The molecule has 4 aromatic rings. The van der Waals surface area contributed by atoms with Gasteiger partial charge in [-0.1, -0.05) is 23.4 Å². The van der Waals surface area contributed by atoms with Crippen molar-refractivity contribution in [2.75, 3.05) is 6.61 Å². The van der Waals surface area contributed by atoms with Gasteiger partial charge in [0.2, 0.25) is 0 Å². The van der Waals surface area contributed by atoms with Crippen LogP contribution >= 0.6 is 23.4 Å². The van der Waals surface area contributed by atoms with Crippen LogP contribution in [0.5, 0.6) is 0 Å². The molecule has 2 aromatic heterocycles. The van der Waals surface area contributed by atoms with Crippen LogP contribution in [0.15, 0.2) is 56.8 Å². The highest BCUT2D eigenvalue weighted by atomic mass is 35.5. The van der Waals surface area contributed by atoms with E-state index in [4.69, 9.17) is 20.8 Å². The van der Waals surface area contributed by atoms with Crippen molar-refractivity contribution in [3.05, 3.63) is 74.9 Å². The van der Waals surface area contributed by atoms with Gasteiger partial charge in [0.25, 0.3) is 0 Å². The van der Waals surface area contributed by atoms with Gasteiger partial charge in [-0.3, -0.25) is 4.57 Å². The second-order valence-corrected chi connectivity index (χ2v) is 9.39. The van der Waals surface area contributed by atoms with Gasteiger partial charge in [0.15, 0.2) is 11.0 Å². The molecule has 1 saturated heterocycles. The second-order valence-electron chi connectivity index (χ2n) is 8.04. The fraction of sp³-hybridized carbons (Fsp3) is 0.292. The number of rotatable bonds is 6. The molecule has 0 aliphatic carbocycles. The van der Waals surface area contributed by atoms with Crippen LogP contribution in [0, 0.1) is 12.7 Å². The minimum Gasteiger partial charge on any atom is -0.423 e. The molecule has 1 fully saturated rings. The Morgan fingerprint density at radius 1 is 1.21 bits per heavy atom. The van der Waals surface area contributed by atoms with Crippen molar-refractivity contribution in [3.63, 3.8) is 0 Å². The zero-order chi connectivity index (χ0) is 22.9. The van der Waals surface area contributed by atoms with Crippen molar-refractivity contribution >= 4 is 34.3 Å². The molecule has 0 amide bonds. The summed E-state index contributed by atoms with van der Waals surface area (Å²) in [7, 11) is 0. The molecular weight excluding hydrogens is 465 g/mol. The Hall–Kier alpha value is -2.68. The lowest BCUT2D eigenvalue weighted by Crippen LogP contribution is -2.16. The van der Waals surface area contributed by atoms with E-state index in [2.05, 4.69) is 10.2 Å². The fourth-order valence-electron chi connectivity index (χ4n) is 3.97. The molecule has 0 unspecified atom stereocenters. The molecule has 0 radical (unpaired) electrons. The van der Waals surface area contributed by atoms with Crippen LogP contribution in [0.25, 0.3) is 22.4 Å². The lowest BCUT2D eigenvalue weighted by atomic mass is 10.1. The standard InChI is InChI=1S/C24H21ClFN3O3S/c1-14-9-21-19(11-20(14)25)16(10-22(30)32-21)13-33-24-28-27-23(15-4-6-17(26)7-5-15)29(24)12-18-3-2-8-31-18/h4-7,9-11,18H,2-3,8,12-13H2,1H3/t18-/m1/s1. The first-order valence-electron chi connectivity index (χ1n) is 10.6. The molecule has 1 atom stereocenters. The zero-order valence-electron chi connectivity index (χ0n) is 17.9. The largest absolute Gasteiger partial charge is 0.423 e. The Kier molecular flexibility index (Phi) is 6.23. The third kappa shape index (κ3) is 4.69. The summed E-state index contributed by atoms with van der Waals surface area (Å²) in [6.45, 7) is 3.21. The number of fused-ring (bicyclic) bond motifs is 1. The molecule has 0 spiro atoms. The molecule has 33 heavy (non-hydrogen) atoms. The van der Waals surface area contributed by atoms with Gasteiger partial charge in [-0.15, -0.1) is 10.2 Å². The molecule has 5 rings (SSSR count). The lowest BCUT2D eigenvalue weighted by molar-refractivity contribution is 0.0953. The molecule has 0 bridgehead atoms. The topological polar surface area (TPSA) is 70.2 Å². The third-order valence-corrected chi connectivity index (χ3v) is 7.12. The summed E-state index contributed by atoms with van der Waals surface area (Å²) < 4.78 is 26.7. The average molecular weight is 486 g/mol. The Balaban J connectivity index is 1.49. The highest BCUT2D eigenvalue weighted by Crippen LogP contribution is 2.31. The van der Waals surface area contributed by atoms with Gasteiger partial charge < -0.3 is 9.15 Å². The highest BCUT2D eigenvalue weighted by molar-refractivity contribution is 7.98. The number of halogens is 2. The molecule has 0 saturated carbocycles. The summed E-state index contributed by atoms with van der Waals surface area (Å²) in [4.78, 5) is 12.1. The summed E-state index contributed by atoms with van der Waals surface area (Å²) in [6, 6.07) is 11.3. The molecule has 9 heteroatoms. The van der Waals surface area contributed by atoms with E-state index in [0.29, 0.717) is 33.9 Å². The van der Waals surface area contributed by atoms with Gasteiger partial charge in [0.05, 0.1) is 12.6 Å². The smallest absolute Gasteiger partial charge is 0.336 e. The molecule has 170 valence electrons. The van der Waals surface area contributed by atoms with Crippen molar-refractivity contribution in [3.8, 4) is 11.4 Å². The molecule has 3 heterocycles. The van der Waals surface area contributed by atoms with Gasteiger partial charge in [0.1, 0.15) is 11.4 Å². The number of benzene rings is 2. The van der Waals surface area contributed by atoms with E-state index in [1.54, 1.807) is 18.2 Å². The number of thioether (sulfide) groups is 1. The number of aryl methyl sites for hydroxylation is 1. The zero-order valence-corrected chi connectivity index (χ0v) is 19.5. The molecule has 0 N–H and O–H groups in total. The summed E-state index contributed by atoms with van der Waals surface area (Å²) in [5.41, 5.74) is 2.53. The van der Waals surface area contributed by atoms with Crippen LogP contribution in [0.4, 0.5) is 4.39 Å². The first kappa shape index (κ1) is 22.1. The Morgan fingerprint density at radius 3 is 2.79 bits per heavy atom. The minimum atomic E-state index is -0.410. The van der Waals surface area contributed by atoms with E-state index in [1.807, 2.05) is 17.6 Å². The maximum Gasteiger partial charge on any atom is 0.336 e. The van der Waals surface area contributed by atoms with Crippen LogP contribution in [0.1, 0.15) is 24.0 Å². The highest BCUT2D eigenvalue weighted by Gasteiger charge is 2.22. The monoisotopic (exact) mass is 485 g/mol. The van der Waals surface area contributed by atoms with Crippen LogP contribution in [0.2, 0.25) is 5.02 Å². The first-order chi connectivity index (χ1) is 16.0. The molecule has 1 aliphatic heterocycles. The first-order valence-corrected chi connectivity index (χ1v) is 12.0. The Labute approximate surface area is 198 Å². The normalized spacial score (nSPS) is 16.0. The van der Waals surface area contributed by atoms with E-state index in [1.165, 1.54) is 30.0 Å². The van der Waals surface area contributed by atoms with Crippen molar-refractivity contribution in [2.24, 2.45) is 0 Å². The van der Waals surface area contributed by atoms with E-state index in [-0.39, 0.29) is 11.9 Å². The third-order valence-electron chi connectivity index (χ3n) is 5.70. The van der Waals surface area contributed by atoms with Crippen molar-refractivity contribution in [1.82, 2.24) is 14.8 Å². The number of nitrogens with zero attached hydrogens (tertiary/aromatic N) is 3. The van der Waals surface area contributed by atoms with Crippen molar-refractivity contribution in [2.45, 2.75) is 43.3 Å². The quantitative estimate of drug-likeness (QED) is 0.260. The molecule has 2 aromatic carbocycles.